The van der Waals surface area contributed by atoms with Crippen molar-refractivity contribution in [1.82, 2.24) is 9.55 Å². The van der Waals surface area contributed by atoms with Crippen molar-refractivity contribution < 1.29 is 9.90 Å². The van der Waals surface area contributed by atoms with Gasteiger partial charge in [-0.2, -0.15) is 0 Å². The first kappa shape index (κ1) is 13.4. The van der Waals surface area contributed by atoms with Gasteiger partial charge in [-0.15, -0.1) is 0 Å². The minimum absolute atomic E-state index is 0.228. The molecule has 4 nitrogen and oxygen atoms in total. The Hall–Kier alpha value is -2.62. The lowest BCUT2D eigenvalue weighted by Gasteiger charge is -2.09. The van der Waals surface area contributed by atoms with Crippen LogP contribution in [0.25, 0.3) is 16.7 Å². The van der Waals surface area contributed by atoms with Crippen LogP contribution in [0.2, 0.25) is 0 Å². The van der Waals surface area contributed by atoms with E-state index in [1.54, 1.807) is 18.5 Å². The monoisotopic (exact) mass is 280 g/mol. The zero-order valence-electron chi connectivity index (χ0n) is 11.9. The predicted molar refractivity (Wildman–Crippen MR) is 82.1 cm³/mol. The molecule has 106 valence electrons. The van der Waals surface area contributed by atoms with Gasteiger partial charge >= 0.3 is 5.97 Å². The lowest BCUT2D eigenvalue weighted by Crippen LogP contribution is -1.98. The Balaban J connectivity index is 2.20. The van der Waals surface area contributed by atoms with E-state index in [9.17, 15) is 9.90 Å². The maximum absolute atomic E-state index is 11.3. The number of benzene rings is 2. The molecule has 2 aromatic carbocycles. The van der Waals surface area contributed by atoms with Crippen molar-refractivity contribution in [2.45, 2.75) is 19.8 Å². The van der Waals surface area contributed by atoms with Gasteiger partial charge in [0.2, 0.25) is 0 Å². The number of nitrogens with zero attached hydrogens (tertiary/aromatic N) is 2. The molecular formula is C17H16N2O2. The smallest absolute Gasteiger partial charge is 0.337 e. The molecule has 0 saturated carbocycles. The molecule has 3 rings (SSSR count). The van der Waals surface area contributed by atoms with E-state index in [0.717, 1.165) is 11.2 Å². The highest BCUT2D eigenvalue weighted by Gasteiger charge is 2.13. The Morgan fingerprint density at radius 1 is 1.19 bits per heavy atom. The van der Waals surface area contributed by atoms with Gasteiger partial charge in [-0.25, -0.2) is 9.78 Å². The molecule has 0 aliphatic rings. The second kappa shape index (κ2) is 5.05. The third-order valence-corrected chi connectivity index (χ3v) is 3.62. The Labute approximate surface area is 122 Å². The zero-order chi connectivity index (χ0) is 15.0. The molecule has 1 aromatic heterocycles. The summed E-state index contributed by atoms with van der Waals surface area (Å²) < 4.78 is 1.92. The summed E-state index contributed by atoms with van der Waals surface area (Å²) in [6, 6.07) is 13.4. The van der Waals surface area contributed by atoms with Crippen LogP contribution in [0.1, 0.15) is 35.7 Å². The Morgan fingerprint density at radius 3 is 2.67 bits per heavy atom. The summed E-state index contributed by atoms with van der Waals surface area (Å²) in [6.45, 7) is 4.29. The minimum Gasteiger partial charge on any atom is -0.478 e. The largest absolute Gasteiger partial charge is 0.478 e. The number of carboxylic acids is 1. The van der Waals surface area contributed by atoms with Gasteiger partial charge in [0, 0.05) is 5.69 Å². The highest BCUT2D eigenvalue weighted by atomic mass is 16.4. The summed E-state index contributed by atoms with van der Waals surface area (Å²) in [5, 5.41) is 9.23. The molecule has 0 aliphatic carbocycles. The number of carbonyl (C=O) groups is 1. The number of aromatic nitrogens is 2. The van der Waals surface area contributed by atoms with Gasteiger partial charge in [0.1, 0.15) is 11.8 Å². The Bertz CT molecular complexity index is 819. The molecule has 4 heteroatoms. The molecule has 0 atom stereocenters. The first-order valence-corrected chi connectivity index (χ1v) is 6.87. The van der Waals surface area contributed by atoms with E-state index in [1.165, 1.54) is 5.56 Å². The summed E-state index contributed by atoms with van der Waals surface area (Å²) in [4.78, 5) is 15.5. The SMILES string of the molecule is CC(C)c1cccc(-n2cnc3c(C(=O)O)cccc32)c1. The van der Waals surface area contributed by atoms with Crippen LogP contribution in [0.3, 0.4) is 0 Å². The van der Waals surface area contributed by atoms with Crippen LogP contribution in [0.15, 0.2) is 48.8 Å². The van der Waals surface area contributed by atoms with Gasteiger partial charge in [0.05, 0.1) is 11.1 Å². The first-order chi connectivity index (χ1) is 10.1. The van der Waals surface area contributed by atoms with Crippen LogP contribution in [-0.2, 0) is 0 Å². The fourth-order valence-electron chi connectivity index (χ4n) is 2.45. The van der Waals surface area contributed by atoms with Crippen LogP contribution in [-0.4, -0.2) is 20.6 Å². The second-order valence-corrected chi connectivity index (χ2v) is 5.34. The summed E-state index contributed by atoms with van der Waals surface area (Å²) in [7, 11) is 0. The molecule has 3 aromatic rings. The fourth-order valence-corrected chi connectivity index (χ4v) is 2.45. The van der Waals surface area contributed by atoms with Crippen LogP contribution in [0.4, 0.5) is 0 Å². The molecule has 0 aliphatic heterocycles. The minimum atomic E-state index is -0.957. The van der Waals surface area contributed by atoms with Crippen molar-refractivity contribution in [3.8, 4) is 5.69 Å². The van der Waals surface area contributed by atoms with Gasteiger partial charge in [-0.05, 0) is 35.7 Å². The second-order valence-electron chi connectivity index (χ2n) is 5.34. The third-order valence-electron chi connectivity index (χ3n) is 3.62. The molecule has 0 unspecified atom stereocenters. The zero-order valence-corrected chi connectivity index (χ0v) is 11.9. The fraction of sp³-hybridized carbons (Fsp3) is 0.176. The van der Waals surface area contributed by atoms with Crippen molar-refractivity contribution in [2.75, 3.05) is 0 Å². The van der Waals surface area contributed by atoms with Gasteiger partial charge in [0.15, 0.2) is 0 Å². The number of rotatable bonds is 3. The van der Waals surface area contributed by atoms with Crippen LogP contribution < -0.4 is 0 Å². The first-order valence-electron chi connectivity index (χ1n) is 6.87. The molecule has 0 fully saturated rings. The molecule has 21 heavy (non-hydrogen) atoms. The average molecular weight is 280 g/mol. The molecule has 0 bridgehead atoms. The summed E-state index contributed by atoms with van der Waals surface area (Å²) in [5.41, 5.74) is 3.77. The van der Waals surface area contributed by atoms with Crippen molar-refractivity contribution in [3.63, 3.8) is 0 Å². The van der Waals surface area contributed by atoms with E-state index in [0.29, 0.717) is 11.4 Å². The standard InChI is InChI=1S/C17H16N2O2/c1-11(2)12-5-3-6-13(9-12)19-10-18-16-14(17(20)21)7-4-8-15(16)19/h3-11H,1-2H3,(H,20,21). The highest BCUT2D eigenvalue weighted by Crippen LogP contribution is 2.23. The Kier molecular flexibility index (Phi) is 3.22. The number of imidazole rings is 1. The Morgan fingerprint density at radius 2 is 1.95 bits per heavy atom. The molecule has 0 radical (unpaired) electrons. The maximum atomic E-state index is 11.3. The average Bonchev–Trinajstić information content (AvgIpc) is 2.91. The van der Waals surface area contributed by atoms with Crippen LogP contribution in [0, 0.1) is 0 Å². The normalized spacial score (nSPS) is 11.2. The quantitative estimate of drug-likeness (QED) is 0.793. The van der Waals surface area contributed by atoms with Crippen LogP contribution in [0.5, 0.6) is 0 Å². The third kappa shape index (κ3) is 2.29. The van der Waals surface area contributed by atoms with E-state index in [1.807, 2.05) is 22.8 Å². The molecule has 0 amide bonds. The van der Waals surface area contributed by atoms with Gasteiger partial charge in [0.25, 0.3) is 0 Å². The number of hydrogen-bond donors (Lipinski definition) is 1. The van der Waals surface area contributed by atoms with E-state index < -0.39 is 5.97 Å². The summed E-state index contributed by atoms with van der Waals surface area (Å²) in [6.07, 6.45) is 1.68. The molecule has 0 saturated heterocycles. The molecular weight excluding hydrogens is 264 g/mol. The van der Waals surface area contributed by atoms with Crippen molar-refractivity contribution in [1.29, 1.82) is 0 Å². The van der Waals surface area contributed by atoms with E-state index >= 15 is 0 Å². The molecule has 1 heterocycles. The van der Waals surface area contributed by atoms with E-state index in [-0.39, 0.29) is 5.56 Å². The van der Waals surface area contributed by atoms with Crippen molar-refractivity contribution in [3.05, 3.63) is 59.9 Å². The predicted octanol–water partition coefficient (Wildman–Crippen LogP) is 3.85. The number of carboxylic acid groups (broad SMARTS) is 1. The maximum Gasteiger partial charge on any atom is 0.337 e. The van der Waals surface area contributed by atoms with Crippen molar-refractivity contribution in [2.24, 2.45) is 0 Å². The van der Waals surface area contributed by atoms with E-state index in [4.69, 9.17) is 0 Å². The topological polar surface area (TPSA) is 55.1 Å². The highest BCUT2D eigenvalue weighted by molar-refractivity contribution is 6.01. The van der Waals surface area contributed by atoms with Crippen molar-refractivity contribution >= 4 is 17.0 Å². The molecule has 0 spiro atoms. The number of hydrogen-bond acceptors (Lipinski definition) is 2. The van der Waals surface area contributed by atoms with Gasteiger partial charge < -0.3 is 5.11 Å². The van der Waals surface area contributed by atoms with Crippen LogP contribution >= 0.6 is 0 Å². The molecule has 1 N–H and O–H groups in total. The van der Waals surface area contributed by atoms with Gasteiger partial charge in [-0.3, -0.25) is 4.57 Å². The van der Waals surface area contributed by atoms with Gasteiger partial charge in [-0.1, -0.05) is 32.0 Å². The lowest BCUT2D eigenvalue weighted by atomic mass is 10.0. The number of para-hydroxylation sites is 1. The lowest BCUT2D eigenvalue weighted by molar-refractivity contribution is 0.0699. The number of fused-ring (bicyclic) bond motifs is 1. The number of aromatic carboxylic acids is 1. The van der Waals surface area contributed by atoms with E-state index in [2.05, 4.69) is 31.0 Å². The summed E-state index contributed by atoms with van der Waals surface area (Å²) in [5.74, 6) is -0.518. The summed E-state index contributed by atoms with van der Waals surface area (Å²) >= 11 is 0.